The Morgan fingerprint density at radius 3 is 2.54 bits per heavy atom. The van der Waals surface area contributed by atoms with Gasteiger partial charge in [0, 0.05) is 20.1 Å². The first-order valence-electron chi connectivity index (χ1n) is 8.31. The summed E-state index contributed by atoms with van der Waals surface area (Å²) in [5.74, 6) is -1.77. The lowest BCUT2D eigenvalue weighted by molar-refractivity contribution is -0.267. The van der Waals surface area contributed by atoms with Gasteiger partial charge in [-0.1, -0.05) is 30.3 Å². The Morgan fingerprint density at radius 1 is 1.14 bits per heavy atom. The van der Waals surface area contributed by atoms with Gasteiger partial charge in [0.25, 0.3) is 5.60 Å². The lowest BCUT2D eigenvalue weighted by atomic mass is 9.87. The number of carbonyl (C=O) groups is 1. The average Bonchev–Trinajstić information content (AvgIpc) is 2.66. The van der Waals surface area contributed by atoms with Gasteiger partial charge in [0.15, 0.2) is 0 Å². The lowest BCUT2D eigenvalue weighted by Gasteiger charge is -2.30. The third-order valence-electron chi connectivity index (χ3n) is 4.23. The molecule has 2 aromatic carbocycles. The van der Waals surface area contributed by atoms with Crippen LogP contribution in [0.5, 0.6) is 0 Å². The molecule has 3 rings (SSSR count). The third kappa shape index (κ3) is 3.58. The number of hydrogen-bond acceptors (Lipinski definition) is 4. The number of esters is 1. The molecule has 0 radical (unpaired) electrons. The fourth-order valence-electron chi connectivity index (χ4n) is 2.87. The Hall–Kier alpha value is -2.20. The van der Waals surface area contributed by atoms with E-state index in [1.807, 2.05) is 34.7 Å². The van der Waals surface area contributed by atoms with Crippen LogP contribution >= 0.6 is 22.6 Å². The molecule has 0 aliphatic rings. The maximum absolute atomic E-state index is 13.9. The molecule has 1 heterocycles. The SMILES string of the molecule is CCOC(=O)C(O)(c1cc(I)ccc1-c1ccc2ccccc2n1)C(F)(F)F. The molecule has 0 saturated heterocycles. The summed E-state index contributed by atoms with van der Waals surface area (Å²) < 4.78 is 46.6. The van der Waals surface area contributed by atoms with Gasteiger partial charge in [0.1, 0.15) is 0 Å². The fourth-order valence-corrected chi connectivity index (χ4v) is 3.36. The third-order valence-corrected chi connectivity index (χ3v) is 4.90. The quantitative estimate of drug-likeness (QED) is 0.412. The summed E-state index contributed by atoms with van der Waals surface area (Å²) >= 11 is 1.82. The van der Waals surface area contributed by atoms with Crippen LogP contribution < -0.4 is 0 Å². The summed E-state index contributed by atoms with van der Waals surface area (Å²) in [7, 11) is 0. The topological polar surface area (TPSA) is 59.4 Å². The molecule has 0 saturated carbocycles. The second kappa shape index (κ2) is 7.67. The highest BCUT2D eigenvalue weighted by Gasteiger charge is 2.63. The van der Waals surface area contributed by atoms with Crippen molar-refractivity contribution < 1.29 is 27.8 Å². The molecule has 0 spiro atoms. The summed E-state index contributed by atoms with van der Waals surface area (Å²) in [5, 5.41) is 11.4. The monoisotopic (exact) mass is 501 g/mol. The van der Waals surface area contributed by atoms with Crippen LogP contribution in [0.3, 0.4) is 0 Å². The maximum atomic E-state index is 13.9. The zero-order valence-corrected chi connectivity index (χ0v) is 16.8. The van der Waals surface area contributed by atoms with E-state index >= 15 is 0 Å². The number of alkyl halides is 3. The predicted molar refractivity (Wildman–Crippen MR) is 106 cm³/mol. The van der Waals surface area contributed by atoms with Crippen LogP contribution in [0.25, 0.3) is 22.2 Å². The first-order valence-corrected chi connectivity index (χ1v) is 9.39. The number of halogens is 4. The van der Waals surface area contributed by atoms with E-state index in [0.29, 0.717) is 9.09 Å². The summed E-state index contributed by atoms with van der Waals surface area (Å²) in [6.45, 7) is 1.07. The number of rotatable bonds is 4. The van der Waals surface area contributed by atoms with Crippen molar-refractivity contribution >= 4 is 39.5 Å². The van der Waals surface area contributed by atoms with Gasteiger partial charge in [-0.2, -0.15) is 13.2 Å². The Morgan fingerprint density at radius 2 is 1.86 bits per heavy atom. The van der Waals surface area contributed by atoms with Crippen molar-refractivity contribution in [3.05, 3.63) is 63.7 Å². The summed E-state index contributed by atoms with van der Waals surface area (Å²) in [4.78, 5) is 16.6. The van der Waals surface area contributed by atoms with Crippen LogP contribution in [0.1, 0.15) is 12.5 Å². The molecule has 0 fully saturated rings. The van der Waals surface area contributed by atoms with Crippen molar-refractivity contribution in [2.24, 2.45) is 0 Å². The molecular formula is C20H15F3INO3. The van der Waals surface area contributed by atoms with E-state index < -0.39 is 23.3 Å². The maximum Gasteiger partial charge on any atom is 0.432 e. The molecule has 1 aromatic heterocycles. The van der Waals surface area contributed by atoms with Gasteiger partial charge in [-0.3, -0.25) is 0 Å². The van der Waals surface area contributed by atoms with Crippen molar-refractivity contribution in [1.29, 1.82) is 0 Å². The number of pyridine rings is 1. The van der Waals surface area contributed by atoms with E-state index in [4.69, 9.17) is 0 Å². The van der Waals surface area contributed by atoms with Gasteiger partial charge in [-0.25, -0.2) is 9.78 Å². The molecule has 1 atom stereocenters. The zero-order chi connectivity index (χ0) is 20.5. The van der Waals surface area contributed by atoms with E-state index in [1.165, 1.54) is 13.0 Å². The van der Waals surface area contributed by atoms with Crippen LogP contribution in [-0.2, 0) is 15.1 Å². The highest BCUT2D eigenvalue weighted by molar-refractivity contribution is 14.1. The molecule has 4 nitrogen and oxygen atoms in total. The minimum absolute atomic E-state index is 0.000882. The molecule has 0 aliphatic carbocycles. The molecular weight excluding hydrogens is 486 g/mol. The largest absolute Gasteiger partial charge is 0.463 e. The van der Waals surface area contributed by atoms with Gasteiger partial charge in [-0.05, 0) is 53.8 Å². The van der Waals surface area contributed by atoms with E-state index in [2.05, 4.69) is 9.72 Å². The Bertz CT molecular complexity index is 1040. The Balaban J connectivity index is 2.28. The van der Waals surface area contributed by atoms with E-state index in [0.717, 1.165) is 11.5 Å². The van der Waals surface area contributed by atoms with Gasteiger partial charge in [0.05, 0.1) is 17.8 Å². The van der Waals surface area contributed by atoms with Crippen molar-refractivity contribution in [3.63, 3.8) is 0 Å². The van der Waals surface area contributed by atoms with Gasteiger partial charge < -0.3 is 9.84 Å². The van der Waals surface area contributed by atoms with Crippen LogP contribution in [-0.4, -0.2) is 28.8 Å². The smallest absolute Gasteiger partial charge is 0.432 e. The van der Waals surface area contributed by atoms with Crippen LogP contribution in [0.2, 0.25) is 0 Å². The molecule has 1 unspecified atom stereocenters. The Labute approximate surface area is 172 Å². The number of aromatic nitrogens is 1. The molecule has 8 heteroatoms. The van der Waals surface area contributed by atoms with Crippen molar-refractivity contribution in [3.8, 4) is 11.3 Å². The van der Waals surface area contributed by atoms with Crippen LogP contribution in [0.4, 0.5) is 13.2 Å². The van der Waals surface area contributed by atoms with Gasteiger partial charge in [-0.15, -0.1) is 0 Å². The highest BCUT2D eigenvalue weighted by atomic mass is 127. The number of benzene rings is 2. The summed E-state index contributed by atoms with van der Waals surface area (Å²) in [5.41, 5.74) is -3.65. The molecule has 0 bridgehead atoms. The molecule has 28 heavy (non-hydrogen) atoms. The molecule has 0 aliphatic heterocycles. The van der Waals surface area contributed by atoms with Gasteiger partial charge >= 0.3 is 12.1 Å². The number of nitrogens with zero attached hydrogens (tertiary/aromatic N) is 1. The number of carbonyl (C=O) groups excluding carboxylic acids is 1. The molecule has 1 N–H and O–H groups in total. The van der Waals surface area contributed by atoms with E-state index in [9.17, 15) is 23.1 Å². The molecule has 3 aromatic rings. The standard InChI is InChI=1S/C20H15F3INO3/c1-2-28-18(26)19(27,20(21,22)23)15-11-13(24)8-9-14(15)17-10-7-12-5-3-4-6-16(12)25-17/h3-11,27H,2H2,1H3. The fraction of sp³-hybridized carbons (Fsp3) is 0.200. The molecule has 146 valence electrons. The van der Waals surface area contributed by atoms with Crippen LogP contribution in [0.15, 0.2) is 54.6 Å². The minimum Gasteiger partial charge on any atom is -0.463 e. The number of para-hydroxylation sites is 1. The Kier molecular flexibility index (Phi) is 5.62. The second-order valence-corrected chi connectivity index (χ2v) is 7.25. The summed E-state index contributed by atoms with van der Waals surface area (Å²) in [6.07, 6.45) is -5.28. The van der Waals surface area contributed by atoms with Crippen LogP contribution in [0, 0.1) is 3.57 Å². The van der Waals surface area contributed by atoms with Crippen molar-refractivity contribution in [2.45, 2.75) is 18.7 Å². The second-order valence-electron chi connectivity index (χ2n) is 6.01. The first-order chi connectivity index (χ1) is 13.2. The number of hydrogen-bond donors (Lipinski definition) is 1. The predicted octanol–water partition coefficient (Wildman–Crippen LogP) is 4.82. The number of ether oxygens (including phenoxy) is 1. The van der Waals surface area contributed by atoms with E-state index in [1.54, 1.807) is 30.3 Å². The van der Waals surface area contributed by atoms with Gasteiger partial charge in [0.2, 0.25) is 0 Å². The average molecular weight is 501 g/mol. The highest BCUT2D eigenvalue weighted by Crippen LogP contribution is 2.44. The zero-order valence-electron chi connectivity index (χ0n) is 14.6. The lowest BCUT2D eigenvalue weighted by Crippen LogP contribution is -2.50. The van der Waals surface area contributed by atoms with E-state index in [-0.39, 0.29) is 17.9 Å². The first kappa shape index (κ1) is 20.5. The van der Waals surface area contributed by atoms with Crippen molar-refractivity contribution in [1.82, 2.24) is 4.98 Å². The normalized spacial score (nSPS) is 13.9. The number of aliphatic hydroxyl groups is 1. The minimum atomic E-state index is -5.28. The summed E-state index contributed by atoms with van der Waals surface area (Å²) in [6, 6.07) is 14.5. The molecule has 0 amide bonds. The number of fused-ring (bicyclic) bond motifs is 1. The van der Waals surface area contributed by atoms with Crippen molar-refractivity contribution in [2.75, 3.05) is 6.61 Å².